The van der Waals surface area contributed by atoms with Crippen LogP contribution in [0.3, 0.4) is 0 Å². The summed E-state index contributed by atoms with van der Waals surface area (Å²) < 4.78 is 5.24. The first-order chi connectivity index (χ1) is 13.0. The molecule has 3 rings (SSSR count). The second-order valence-corrected chi connectivity index (χ2v) is 6.20. The van der Waals surface area contributed by atoms with Crippen LogP contribution in [0.2, 0.25) is 0 Å². The maximum Gasteiger partial charge on any atom is 0.335 e. The summed E-state index contributed by atoms with van der Waals surface area (Å²) >= 11 is 0. The van der Waals surface area contributed by atoms with Crippen molar-refractivity contribution in [3.05, 3.63) is 65.2 Å². The minimum Gasteiger partial charge on any atom is -0.478 e. The Morgan fingerprint density at radius 2 is 1.52 bits per heavy atom. The Balaban J connectivity index is 1.57. The third-order valence-electron chi connectivity index (χ3n) is 4.32. The third kappa shape index (κ3) is 4.92. The van der Waals surface area contributed by atoms with Crippen molar-refractivity contribution in [3.63, 3.8) is 0 Å². The molecule has 0 atom stereocenters. The molecule has 0 radical (unpaired) electrons. The Morgan fingerprint density at radius 1 is 0.926 bits per heavy atom. The van der Waals surface area contributed by atoms with Gasteiger partial charge in [-0.25, -0.2) is 4.79 Å². The van der Waals surface area contributed by atoms with Crippen molar-refractivity contribution in [1.82, 2.24) is 4.90 Å². The summed E-state index contributed by atoms with van der Waals surface area (Å²) in [4.78, 5) is 37.1. The molecular formula is C20H20N2O5. The highest BCUT2D eigenvalue weighted by Gasteiger charge is 2.17. The standard InChI is InChI=1S/C20H20N2O5/c23-18(22-9-11-27-12-10-22)13-14-1-7-17(8-2-14)21-19(24)15-3-5-16(6-4-15)20(25)26/h1-8H,9-13H2,(H,21,24)(H,25,26). The van der Waals surface area contributed by atoms with Gasteiger partial charge in [0.2, 0.25) is 5.91 Å². The van der Waals surface area contributed by atoms with Crippen molar-refractivity contribution < 1.29 is 24.2 Å². The summed E-state index contributed by atoms with van der Waals surface area (Å²) in [5, 5.41) is 11.6. The predicted molar refractivity (Wildman–Crippen MR) is 98.9 cm³/mol. The van der Waals surface area contributed by atoms with Crippen LogP contribution in [0.15, 0.2) is 48.5 Å². The molecule has 2 N–H and O–H groups in total. The molecule has 0 saturated carbocycles. The van der Waals surface area contributed by atoms with Crippen molar-refractivity contribution in [3.8, 4) is 0 Å². The Kier molecular flexibility index (Phi) is 5.83. The number of nitrogens with one attached hydrogen (secondary N) is 1. The molecule has 2 aromatic rings. The number of aromatic carboxylic acids is 1. The van der Waals surface area contributed by atoms with E-state index in [-0.39, 0.29) is 17.4 Å². The number of carboxylic acid groups (broad SMARTS) is 1. The van der Waals surface area contributed by atoms with Crippen LogP contribution in [0, 0.1) is 0 Å². The first-order valence-electron chi connectivity index (χ1n) is 8.62. The maximum absolute atomic E-state index is 12.2. The number of nitrogens with zero attached hydrogens (tertiary/aromatic N) is 1. The number of amides is 2. The van der Waals surface area contributed by atoms with E-state index in [2.05, 4.69) is 5.32 Å². The zero-order valence-electron chi connectivity index (χ0n) is 14.7. The Labute approximate surface area is 156 Å². The van der Waals surface area contributed by atoms with Crippen LogP contribution in [0.25, 0.3) is 0 Å². The summed E-state index contributed by atoms with van der Waals surface area (Å²) in [5.41, 5.74) is 1.97. The number of anilines is 1. The number of rotatable bonds is 5. The molecule has 27 heavy (non-hydrogen) atoms. The van der Waals surface area contributed by atoms with E-state index in [1.165, 1.54) is 24.3 Å². The van der Waals surface area contributed by atoms with E-state index in [1.807, 2.05) is 12.1 Å². The summed E-state index contributed by atoms with van der Waals surface area (Å²) in [6, 6.07) is 12.8. The van der Waals surface area contributed by atoms with Crippen molar-refractivity contribution in [2.75, 3.05) is 31.6 Å². The lowest BCUT2D eigenvalue weighted by Gasteiger charge is -2.26. The molecule has 1 aliphatic rings. The Morgan fingerprint density at radius 3 is 2.11 bits per heavy atom. The molecule has 1 heterocycles. The van der Waals surface area contributed by atoms with Gasteiger partial charge >= 0.3 is 5.97 Å². The molecular weight excluding hydrogens is 348 g/mol. The van der Waals surface area contributed by atoms with Gasteiger partial charge in [-0.3, -0.25) is 9.59 Å². The zero-order chi connectivity index (χ0) is 19.2. The largest absolute Gasteiger partial charge is 0.478 e. The molecule has 0 bridgehead atoms. The molecule has 7 nitrogen and oxygen atoms in total. The first-order valence-corrected chi connectivity index (χ1v) is 8.62. The summed E-state index contributed by atoms with van der Waals surface area (Å²) in [6.45, 7) is 2.38. The lowest BCUT2D eigenvalue weighted by atomic mass is 10.1. The fraction of sp³-hybridized carbons (Fsp3) is 0.250. The summed E-state index contributed by atoms with van der Waals surface area (Å²) in [5.74, 6) is -1.30. The number of carbonyl (C=O) groups excluding carboxylic acids is 2. The van der Waals surface area contributed by atoms with E-state index >= 15 is 0 Å². The Bertz CT molecular complexity index is 824. The van der Waals surface area contributed by atoms with Gasteiger partial charge in [-0.2, -0.15) is 0 Å². The van der Waals surface area contributed by atoms with Crippen molar-refractivity contribution in [1.29, 1.82) is 0 Å². The van der Waals surface area contributed by atoms with Gasteiger partial charge in [0.05, 0.1) is 25.2 Å². The highest BCUT2D eigenvalue weighted by molar-refractivity contribution is 6.04. The van der Waals surface area contributed by atoms with Crippen LogP contribution < -0.4 is 5.32 Å². The minimum atomic E-state index is -1.04. The smallest absolute Gasteiger partial charge is 0.335 e. The van der Waals surface area contributed by atoms with Crippen LogP contribution in [-0.2, 0) is 16.0 Å². The highest BCUT2D eigenvalue weighted by atomic mass is 16.5. The van der Waals surface area contributed by atoms with Crippen LogP contribution in [-0.4, -0.2) is 54.1 Å². The number of morpholine rings is 1. The van der Waals surface area contributed by atoms with Crippen molar-refractivity contribution in [2.45, 2.75) is 6.42 Å². The predicted octanol–water partition coefficient (Wildman–Crippen LogP) is 2.04. The number of ether oxygens (including phenoxy) is 1. The van der Waals surface area contributed by atoms with E-state index in [0.717, 1.165) is 5.56 Å². The molecule has 1 aliphatic heterocycles. The second-order valence-electron chi connectivity index (χ2n) is 6.20. The summed E-state index contributed by atoms with van der Waals surface area (Å²) in [7, 11) is 0. The van der Waals surface area contributed by atoms with Gasteiger partial charge in [-0.1, -0.05) is 12.1 Å². The average molecular weight is 368 g/mol. The Hall–Kier alpha value is -3.19. The highest BCUT2D eigenvalue weighted by Crippen LogP contribution is 2.14. The molecule has 0 aliphatic carbocycles. The quantitative estimate of drug-likeness (QED) is 0.842. The van der Waals surface area contributed by atoms with Gasteiger partial charge in [0.1, 0.15) is 0 Å². The number of hydrogen-bond donors (Lipinski definition) is 2. The molecule has 0 aromatic heterocycles. The molecule has 7 heteroatoms. The van der Waals surface area contributed by atoms with E-state index in [0.29, 0.717) is 44.0 Å². The normalized spacial score (nSPS) is 13.9. The number of hydrogen-bond acceptors (Lipinski definition) is 4. The second kappa shape index (κ2) is 8.46. The lowest BCUT2D eigenvalue weighted by molar-refractivity contribution is -0.134. The van der Waals surface area contributed by atoms with Crippen LogP contribution >= 0.6 is 0 Å². The van der Waals surface area contributed by atoms with E-state index in [1.54, 1.807) is 17.0 Å². The van der Waals surface area contributed by atoms with E-state index in [4.69, 9.17) is 9.84 Å². The monoisotopic (exact) mass is 368 g/mol. The van der Waals surface area contributed by atoms with Crippen LogP contribution in [0.5, 0.6) is 0 Å². The van der Waals surface area contributed by atoms with E-state index < -0.39 is 5.97 Å². The van der Waals surface area contributed by atoms with Crippen LogP contribution in [0.4, 0.5) is 5.69 Å². The molecule has 1 fully saturated rings. The van der Waals surface area contributed by atoms with Gasteiger partial charge in [0, 0.05) is 24.3 Å². The number of benzene rings is 2. The first kappa shape index (κ1) is 18.6. The minimum absolute atomic E-state index is 0.0635. The molecule has 1 saturated heterocycles. The van der Waals surface area contributed by atoms with Gasteiger partial charge in [0.25, 0.3) is 5.91 Å². The van der Waals surface area contributed by atoms with Crippen LogP contribution in [0.1, 0.15) is 26.3 Å². The topological polar surface area (TPSA) is 95.9 Å². The molecule has 2 amide bonds. The van der Waals surface area contributed by atoms with Gasteiger partial charge < -0.3 is 20.1 Å². The van der Waals surface area contributed by atoms with Gasteiger partial charge in [0.15, 0.2) is 0 Å². The average Bonchev–Trinajstić information content (AvgIpc) is 2.70. The molecule has 2 aromatic carbocycles. The van der Waals surface area contributed by atoms with Gasteiger partial charge in [-0.05, 0) is 42.0 Å². The van der Waals surface area contributed by atoms with E-state index in [9.17, 15) is 14.4 Å². The fourth-order valence-corrected chi connectivity index (χ4v) is 2.77. The third-order valence-corrected chi connectivity index (χ3v) is 4.32. The van der Waals surface area contributed by atoms with Gasteiger partial charge in [-0.15, -0.1) is 0 Å². The summed E-state index contributed by atoms with van der Waals surface area (Å²) in [6.07, 6.45) is 0.310. The maximum atomic E-state index is 12.2. The number of carboxylic acids is 1. The van der Waals surface area contributed by atoms with Crippen molar-refractivity contribution >= 4 is 23.5 Å². The fourth-order valence-electron chi connectivity index (χ4n) is 2.77. The molecule has 140 valence electrons. The molecule has 0 unspecified atom stereocenters. The SMILES string of the molecule is O=C(O)c1ccc(C(=O)Nc2ccc(CC(=O)N3CCOCC3)cc2)cc1. The lowest BCUT2D eigenvalue weighted by Crippen LogP contribution is -2.41. The number of carbonyl (C=O) groups is 3. The van der Waals surface area contributed by atoms with Crippen molar-refractivity contribution in [2.24, 2.45) is 0 Å². The molecule has 0 spiro atoms. The zero-order valence-corrected chi connectivity index (χ0v) is 14.7.